The lowest BCUT2D eigenvalue weighted by Crippen LogP contribution is -2.42. The molecule has 4 rings (SSSR count). The number of carbonyl (C=O) groups is 2. The average molecular weight is 453 g/mol. The lowest BCUT2D eigenvalue weighted by molar-refractivity contribution is -0.192. The molecule has 0 spiro atoms. The van der Waals surface area contributed by atoms with Gasteiger partial charge in [0.2, 0.25) is 5.91 Å². The van der Waals surface area contributed by atoms with E-state index >= 15 is 0 Å². The van der Waals surface area contributed by atoms with Crippen molar-refractivity contribution in [3.63, 3.8) is 0 Å². The molecule has 172 valence electrons. The molecule has 0 radical (unpaired) electrons. The molecule has 0 saturated carbocycles. The standard InChI is InChI=1S/C18H21N5O2.C2HF3O2/c24-18(22-17-7-20-4-5-21-17)16-12-25-11-14-9-23(10-15(14)16)8-13-2-1-3-19-6-13;3-2(4,5)1(6)7/h1-7,14-16H,8-12H2,(H,21,22,24);(H,6,7)/t14-,15-,16+;/m1./s1. The lowest BCUT2D eigenvalue weighted by atomic mass is 9.82. The first kappa shape index (κ1) is 23.5. The van der Waals surface area contributed by atoms with E-state index in [2.05, 4.69) is 31.2 Å². The fourth-order valence-corrected chi connectivity index (χ4v) is 3.82. The van der Waals surface area contributed by atoms with E-state index in [1.54, 1.807) is 24.8 Å². The van der Waals surface area contributed by atoms with Gasteiger partial charge >= 0.3 is 12.1 Å². The van der Waals surface area contributed by atoms with Crippen LogP contribution in [0.3, 0.4) is 0 Å². The van der Waals surface area contributed by atoms with Crippen LogP contribution >= 0.6 is 0 Å². The summed E-state index contributed by atoms with van der Waals surface area (Å²) in [5.74, 6) is -1.75. The van der Waals surface area contributed by atoms with Crippen LogP contribution < -0.4 is 5.32 Å². The van der Waals surface area contributed by atoms with Gasteiger partial charge in [-0.1, -0.05) is 6.07 Å². The molecule has 2 saturated heterocycles. The largest absolute Gasteiger partial charge is 0.490 e. The first-order chi connectivity index (χ1) is 15.2. The molecule has 0 aromatic carbocycles. The third kappa shape index (κ3) is 6.44. The summed E-state index contributed by atoms with van der Waals surface area (Å²) in [6, 6.07) is 4.04. The highest BCUT2D eigenvalue weighted by molar-refractivity contribution is 5.92. The molecular weight excluding hydrogens is 431 g/mol. The quantitative estimate of drug-likeness (QED) is 0.720. The number of hydrogen-bond acceptors (Lipinski definition) is 7. The summed E-state index contributed by atoms with van der Waals surface area (Å²) in [5, 5.41) is 9.99. The van der Waals surface area contributed by atoms with E-state index in [0.29, 0.717) is 24.3 Å². The Balaban J connectivity index is 0.000000360. The number of aromatic nitrogens is 3. The zero-order valence-electron chi connectivity index (χ0n) is 16.9. The van der Waals surface area contributed by atoms with E-state index in [4.69, 9.17) is 14.6 Å². The molecule has 1 amide bonds. The topological polar surface area (TPSA) is 118 Å². The maximum absolute atomic E-state index is 12.7. The SMILES string of the molecule is O=C(Nc1cnccn1)[C@H]1COC[C@H]2CN(Cc3cccnc3)C[C@H]21.O=C(O)C(F)(F)F. The molecule has 2 N–H and O–H groups in total. The summed E-state index contributed by atoms with van der Waals surface area (Å²) in [4.78, 5) is 36.3. The Kier molecular flexibility index (Phi) is 7.70. The molecular formula is C20H22F3N5O4. The molecule has 9 nitrogen and oxygen atoms in total. The number of anilines is 1. The number of carbonyl (C=O) groups excluding carboxylic acids is 1. The van der Waals surface area contributed by atoms with Crippen LogP contribution in [-0.4, -0.2) is 69.3 Å². The smallest absolute Gasteiger partial charge is 0.475 e. The van der Waals surface area contributed by atoms with E-state index in [-0.39, 0.29) is 11.8 Å². The fraction of sp³-hybridized carbons (Fsp3) is 0.450. The molecule has 0 unspecified atom stereocenters. The zero-order valence-corrected chi connectivity index (χ0v) is 16.9. The van der Waals surface area contributed by atoms with Crippen molar-refractivity contribution in [2.75, 3.05) is 31.6 Å². The minimum atomic E-state index is -5.08. The number of ether oxygens (including phenoxy) is 1. The first-order valence-corrected chi connectivity index (χ1v) is 9.80. The Bertz CT molecular complexity index is 901. The molecule has 2 fully saturated rings. The second kappa shape index (κ2) is 10.5. The molecule has 2 aliphatic rings. The van der Waals surface area contributed by atoms with E-state index in [1.807, 2.05) is 12.3 Å². The van der Waals surface area contributed by atoms with E-state index in [0.717, 1.165) is 26.2 Å². The van der Waals surface area contributed by atoms with Gasteiger partial charge < -0.3 is 15.2 Å². The Morgan fingerprint density at radius 2 is 1.91 bits per heavy atom. The number of nitrogens with zero attached hydrogens (tertiary/aromatic N) is 4. The van der Waals surface area contributed by atoms with Gasteiger partial charge in [0.1, 0.15) is 0 Å². The molecule has 0 aliphatic carbocycles. The van der Waals surface area contributed by atoms with Crippen LogP contribution in [0.4, 0.5) is 19.0 Å². The Morgan fingerprint density at radius 3 is 2.53 bits per heavy atom. The zero-order chi connectivity index (χ0) is 23.1. The van der Waals surface area contributed by atoms with Gasteiger partial charge in [-0.15, -0.1) is 0 Å². The number of halogens is 3. The number of hydrogen-bond donors (Lipinski definition) is 2. The maximum atomic E-state index is 12.7. The number of fused-ring (bicyclic) bond motifs is 1. The van der Waals surface area contributed by atoms with Gasteiger partial charge in [-0.2, -0.15) is 13.2 Å². The predicted octanol–water partition coefficient (Wildman–Crippen LogP) is 1.84. The van der Waals surface area contributed by atoms with Crippen molar-refractivity contribution < 1.29 is 32.6 Å². The summed E-state index contributed by atoms with van der Waals surface area (Å²) in [6.45, 7) is 3.91. The molecule has 2 aliphatic heterocycles. The monoisotopic (exact) mass is 453 g/mol. The third-order valence-corrected chi connectivity index (χ3v) is 5.24. The highest BCUT2D eigenvalue weighted by Crippen LogP contribution is 2.35. The van der Waals surface area contributed by atoms with E-state index in [9.17, 15) is 18.0 Å². The van der Waals surface area contributed by atoms with Crippen molar-refractivity contribution >= 4 is 17.7 Å². The van der Waals surface area contributed by atoms with Crippen LogP contribution in [0.15, 0.2) is 43.1 Å². The van der Waals surface area contributed by atoms with E-state index in [1.165, 1.54) is 5.56 Å². The van der Waals surface area contributed by atoms with Crippen molar-refractivity contribution in [1.29, 1.82) is 0 Å². The number of carboxylic acids is 1. The number of carboxylic acid groups (broad SMARTS) is 1. The van der Waals surface area contributed by atoms with Crippen molar-refractivity contribution in [3.05, 3.63) is 48.7 Å². The lowest BCUT2D eigenvalue weighted by Gasteiger charge is -2.31. The van der Waals surface area contributed by atoms with Crippen molar-refractivity contribution in [1.82, 2.24) is 19.9 Å². The Labute approximate surface area is 181 Å². The highest BCUT2D eigenvalue weighted by atomic mass is 19.4. The number of amides is 1. The van der Waals surface area contributed by atoms with E-state index < -0.39 is 12.1 Å². The molecule has 32 heavy (non-hydrogen) atoms. The average Bonchev–Trinajstić information content (AvgIpc) is 3.17. The summed E-state index contributed by atoms with van der Waals surface area (Å²) < 4.78 is 37.5. The summed E-state index contributed by atoms with van der Waals surface area (Å²) >= 11 is 0. The highest BCUT2D eigenvalue weighted by Gasteiger charge is 2.44. The fourth-order valence-electron chi connectivity index (χ4n) is 3.82. The van der Waals surface area contributed by atoms with Crippen molar-refractivity contribution in [3.8, 4) is 0 Å². The molecule has 3 atom stereocenters. The minimum absolute atomic E-state index is 0.0292. The Morgan fingerprint density at radius 1 is 1.16 bits per heavy atom. The van der Waals surface area contributed by atoms with Gasteiger partial charge in [-0.05, 0) is 23.5 Å². The first-order valence-electron chi connectivity index (χ1n) is 9.80. The summed E-state index contributed by atoms with van der Waals surface area (Å²) in [6.07, 6.45) is 3.32. The maximum Gasteiger partial charge on any atom is 0.490 e. The van der Waals surface area contributed by atoms with Crippen LogP contribution in [-0.2, 0) is 20.9 Å². The molecule has 2 aromatic rings. The predicted molar refractivity (Wildman–Crippen MR) is 105 cm³/mol. The second-order valence-electron chi connectivity index (χ2n) is 7.51. The molecule has 4 heterocycles. The van der Waals surface area contributed by atoms with Crippen molar-refractivity contribution in [2.24, 2.45) is 17.8 Å². The van der Waals surface area contributed by atoms with Gasteiger partial charge in [-0.25, -0.2) is 9.78 Å². The van der Waals surface area contributed by atoms with Crippen molar-refractivity contribution in [2.45, 2.75) is 12.7 Å². The van der Waals surface area contributed by atoms with Gasteiger partial charge in [0.25, 0.3) is 0 Å². The van der Waals surface area contributed by atoms with Crippen LogP contribution in [0.5, 0.6) is 0 Å². The van der Waals surface area contributed by atoms with Gasteiger partial charge in [0.05, 0.1) is 25.3 Å². The summed E-state index contributed by atoms with van der Waals surface area (Å²) in [5.41, 5.74) is 1.20. The number of rotatable bonds is 4. The van der Waals surface area contributed by atoms with Crippen LogP contribution in [0.2, 0.25) is 0 Å². The third-order valence-electron chi connectivity index (χ3n) is 5.24. The normalized spacial score (nSPS) is 22.9. The number of pyridine rings is 1. The summed E-state index contributed by atoms with van der Waals surface area (Å²) in [7, 11) is 0. The minimum Gasteiger partial charge on any atom is -0.475 e. The van der Waals surface area contributed by atoms with Gasteiger partial charge in [-0.3, -0.25) is 19.7 Å². The van der Waals surface area contributed by atoms with Crippen LogP contribution in [0.25, 0.3) is 0 Å². The molecule has 0 bridgehead atoms. The van der Waals surface area contributed by atoms with Gasteiger partial charge in [0.15, 0.2) is 5.82 Å². The van der Waals surface area contributed by atoms with Crippen LogP contribution in [0.1, 0.15) is 5.56 Å². The van der Waals surface area contributed by atoms with Gasteiger partial charge in [0, 0.05) is 44.4 Å². The number of nitrogens with one attached hydrogen (secondary N) is 1. The number of alkyl halides is 3. The van der Waals surface area contributed by atoms with Crippen LogP contribution in [0, 0.1) is 17.8 Å². The molecule has 2 aromatic heterocycles. The Hall–Kier alpha value is -3.12. The molecule has 12 heteroatoms. The second-order valence-corrected chi connectivity index (χ2v) is 7.51. The number of aliphatic carboxylic acids is 1. The number of likely N-dealkylation sites (tertiary alicyclic amines) is 1.